The van der Waals surface area contributed by atoms with Crippen LogP contribution in [0.2, 0.25) is 0 Å². The first-order valence-corrected chi connectivity index (χ1v) is 6.70. The van der Waals surface area contributed by atoms with Gasteiger partial charge in [0.05, 0.1) is 4.70 Å². The van der Waals surface area contributed by atoms with E-state index in [4.69, 9.17) is 5.73 Å². The Kier molecular flexibility index (Phi) is 2.82. The predicted molar refractivity (Wildman–Crippen MR) is 70.0 cm³/mol. The molecular weight excluding hydrogens is 232 g/mol. The molecule has 17 heavy (non-hydrogen) atoms. The van der Waals surface area contributed by atoms with E-state index in [0.717, 1.165) is 24.9 Å². The fourth-order valence-electron chi connectivity index (χ4n) is 2.66. The quantitative estimate of drug-likeness (QED) is 0.836. The van der Waals surface area contributed by atoms with Crippen molar-refractivity contribution in [2.24, 2.45) is 5.73 Å². The number of benzene rings is 1. The van der Waals surface area contributed by atoms with Crippen molar-refractivity contribution >= 4 is 21.7 Å². The Balaban J connectivity index is 2.00. The number of aromatic nitrogens is 2. The summed E-state index contributed by atoms with van der Waals surface area (Å²) in [5, 5.41) is 4.14. The summed E-state index contributed by atoms with van der Waals surface area (Å²) in [5.74, 6) is 0. The van der Waals surface area contributed by atoms with Crippen molar-refractivity contribution in [3.8, 4) is 0 Å². The van der Waals surface area contributed by atoms with Crippen LogP contribution in [0.3, 0.4) is 0 Å². The minimum Gasteiger partial charge on any atom is -0.327 e. The number of fused-ring (bicyclic) bond motifs is 1. The maximum atomic E-state index is 5.99. The average Bonchev–Trinajstić information content (AvgIpc) is 2.77. The van der Waals surface area contributed by atoms with E-state index < -0.39 is 0 Å². The van der Waals surface area contributed by atoms with Gasteiger partial charge in [-0.3, -0.25) is 4.90 Å². The monoisotopic (exact) mass is 248 g/mol. The lowest BCUT2D eigenvalue weighted by molar-refractivity contribution is 0.171. The molecule has 1 aromatic heterocycles. The lowest BCUT2D eigenvalue weighted by Gasteiger charge is -2.36. The molecule has 4 nitrogen and oxygen atoms in total. The van der Waals surface area contributed by atoms with Crippen LogP contribution < -0.4 is 5.73 Å². The molecule has 0 radical (unpaired) electrons. The van der Waals surface area contributed by atoms with Crippen molar-refractivity contribution in [2.75, 3.05) is 13.6 Å². The summed E-state index contributed by atoms with van der Waals surface area (Å²) in [4.78, 5) is 2.35. The molecule has 5 heteroatoms. The molecule has 0 bridgehead atoms. The van der Waals surface area contributed by atoms with Gasteiger partial charge < -0.3 is 5.73 Å². The van der Waals surface area contributed by atoms with Crippen LogP contribution in [-0.4, -0.2) is 34.1 Å². The average molecular weight is 248 g/mol. The minimum atomic E-state index is 0.315. The molecule has 1 saturated heterocycles. The summed E-state index contributed by atoms with van der Waals surface area (Å²) in [6.07, 6.45) is 2.21. The lowest BCUT2D eigenvalue weighted by atomic mass is 9.93. The van der Waals surface area contributed by atoms with E-state index >= 15 is 0 Å². The number of piperidine rings is 1. The van der Waals surface area contributed by atoms with Crippen molar-refractivity contribution in [1.82, 2.24) is 14.5 Å². The van der Waals surface area contributed by atoms with Crippen molar-refractivity contribution in [3.63, 3.8) is 0 Å². The summed E-state index contributed by atoms with van der Waals surface area (Å²) in [7, 11) is 2.15. The number of nitrogens with two attached hydrogens (primary N) is 1. The lowest BCUT2D eigenvalue weighted by Crippen LogP contribution is -2.42. The summed E-state index contributed by atoms with van der Waals surface area (Å²) in [6, 6.07) is 7.06. The Hall–Kier alpha value is -1.04. The van der Waals surface area contributed by atoms with Gasteiger partial charge in [-0.25, -0.2) is 0 Å². The number of likely N-dealkylation sites (N-methyl/N-ethyl adjacent to an activating group) is 1. The van der Waals surface area contributed by atoms with Gasteiger partial charge in [0.25, 0.3) is 0 Å². The fourth-order valence-corrected chi connectivity index (χ4v) is 3.38. The van der Waals surface area contributed by atoms with Gasteiger partial charge >= 0.3 is 0 Å². The molecule has 90 valence electrons. The van der Waals surface area contributed by atoms with E-state index in [2.05, 4.69) is 33.7 Å². The van der Waals surface area contributed by atoms with Crippen LogP contribution in [0.5, 0.6) is 0 Å². The second-order valence-electron chi connectivity index (χ2n) is 4.76. The molecular formula is C12H16N4S. The maximum absolute atomic E-state index is 5.99. The summed E-state index contributed by atoms with van der Waals surface area (Å²) < 4.78 is 5.27. The first-order valence-electron chi connectivity index (χ1n) is 5.92. The van der Waals surface area contributed by atoms with Crippen LogP contribution in [0.1, 0.15) is 24.4 Å². The number of rotatable bonds is 1. The second-order valence-corrected chi connectivity index (χ2v) is 5.52. The molecule has 0 spiro atoms. The highest BCUT2D eigenvalue weighted by atomic mass is 32.1. The SMILES string of the molecule is CN1CC(N)CCC1c1cccc2nnsc12. The first kappa shape index (κ1) is 11.1. The van der Waals surface area contributed by atoms with Crippen molar-refractivity contribution in [1.29, 1.82) is 0 Å². The maximum Gasteiger partial charge on any atom is 0.106 e. The Morgan fingerprint density at radius 1 is 1.41 bits per heavy atom. The Morgan fingerprint density at radius 3 is 3.12 bits per heavy atom. The molecule has 0 saturated carbocycles. The minimum absolute atomic E-state index is 0.315. The first-order chi connectivity index (χ1) is 8.25. The van der Waals surface area contributed by atoms with Crippen molar-refractivity contribution in [2.45, 2.75) is 24.9 Å². The summed E-state index contributed by atoms with van der Waals surface area (Å²) in [6.45, 7) is 0.966. The summed E-state index contributed by atoms with van der Waals surface area (Å²) in [5.41, 5.74) is 8.36. The van der Waals surface area contributed by atoms with E-state index in [1.165, 1.54) is 21.8 Å². The smallest absolute Gasteiger partial charge is 0.106 e. The molecule has 1 aromatic carbocycles. The molecule has 3 rings (SSSR count). The largest absolute Gasteiger partial charge is 0.327 e. The standard InChI is InChI=1S/C12H16N4S/c1-16-7-8(13)5-6-11(16)9-3-2-4-10-12(9)17-15-14-10/h2-4,8,11H,5-7,13H2,1H3. The van der Waals surface area contributed by atoms with E-state index in [1.54, 1.807) is 0 Å². The van der Waals surface area contributed by atoms with Crippen molar-refractivity contribution in [3.05, 3.63) is 23.8 Å². The van der Waals surface area contributed by atoms with Crippen LogP contribution in [0, 0.1) is 0 Å². The molecule has 0 amide bonds. The van der Waals surface area contributed by atoms with Crippen molar-refractivity contribution < 1.29 is 0 Å². The molecule has 2 aromatic rings. The Labute approximate surface area is 105 Å². The molecule has 0 aliphatic carbocycles. The molecule has 1 aliphatic heterocycles. The van der Waals surface area contributed by atoms with Crippen LogP contribution in [0.25, 0.3) is 10.2 Å². The molecule has 1 aliphatic rings. The van der Waals surface area contributed by atoms with Gasteiger partial charge in [0.1, 0.15) is 5.52 Å². The molecule has 2 heterocycles. The third kappa shape index (κ3) is 1.94. The molecule has 2 N–H and O–H groups in total. The van der Waals surface area contributed by atoms with E-state index in [1.807, 2.05) is 6.07 Å². The van der Waals surface area contributed by atoms with Gasteiger partial charge in [0, 0.05) is 18.6 Å². The van der Waals surface area contributed by atoms with Gasteiger partial charge in [-0.1, -0.05) is 16.6 Å². The number of likely N-dealkylation sites (tertiary alicyclic amines) is 1. The Bertz CT molecular complexity index is 524. The van der Waals surface area contributed by atoms with E-state index in [9.17, 15) is 0 Å². The zero-order chi connectivity index (χ0) is 11.8. The Morgan fingerprint density at radius 2 is 2.29 bits per heavy atom. The zero-order valence-corrected chi connectivity index (χ0v) is 10.7. The molecule has 2 atom stereocenters. The zero-order valence-electron chi connectivity index (χ0n) is 9.84. The highest BCUT2D eigenvalue weighted by molar-refractivity contribution is 7.13. The van der Waals surface area contributed by atoms with Gasteiger partial charge in [0.15, 0.2) is 0 Å². The normalized spacial score (nSPS) is 26.5. The van der Waals surface area contributed by atoms with Gasteiger partial charge in [0.2, 0.25) is 0 Å². The van der Waals surface area contributed by atoms with Gasteiger partial charge in [-0.2, -0.15) is 0 Å². The number of hydrogen-bond donors (Lipinski definition) is 1. The van der Waals surface area contributed by atoms with E-state index in [0.29, 0.717) is 12.1 Å². The van der Waals surface area contributed by atoms with Gasteiger partial charge in [-0.05, 0) is 43.1 Å². The molecule has 2 unspecified atom stereocenters. The third-order valence-electron chi connectivity index (χ3n) is 3.53. The highest BCUT2D eigenvalue weighted by Gasteiger charge is 2.26. The van der Waals surface area contributed by atoms with E-state index in [-0.39, 0.29) is 0 Å². The molecule has 1 fully saturated rings. The summed E-state index contributed by atoms with van der Waals surface area (Å²) >= 11 is 1.49. The number of nitrogens with zero attached hydrogens (tertiary/aromatic N) is 3. The van der Waals surface area contributed by atoms with Crippen LogP contribution in [0.15, 0.2) is 18.2 Å². The third-order valence-corrected chi connectivity index (χ3v) is 4.32. The van der Waals surface area contributed by atoms with Crippen LogP contribution in [0.4, 0.5) is 0 Å². The second kappa shape index (κ2) is 4.33. The van der Waals surface area contributed by atoms with Crippen LogP contribution in [-0.2, 0) is 0 Å². The number of hydrogen-bond acceptors (Lipinski definition) is 5. The topological polar surface area (TPSA) is 55.0 Å². The van der Waals surface area contributed by atoms with Gasteiger partial charge in [-0.15, -0.1) is 5.10 Å². The predicted octanol–water partition coefficient (Wildman–Crippen LogP) is 1.79. The van der Waals surface area contributed by atoms with Crippen LogP contribution >= 0.6 is 11.5 Å². The fraction of sp³-hybridized carbons (Fsp3) is 0.500. The highest BCUT2D eigenvalue weighted by Crippen LogP contribution is 2.34.